The molecule has 0 aliphatic rings. The monoisotopic (exact) mass is 295 g/mol. The molecule has 1 rings (SSSR count). The Morgan fingerprint density at radius 2 is 2.14 bits per heavy atom. The molecule has 1 aromatic rings. The minimum Gasteiger partial charge on any atom is -0.393 e. The van der Waals surface area contributed by atoms with Crippen molar-refractivity contribution in [3.05, 3.63) is 22.4 Å². The highest BCUT2D eigenvalue weighted by atomic mass is 16.6. The second-order valence-corrected chi connectivity index (χ2v) is 5.07. The number of nitrogens with zero attached hydrogens (tertiary/aromatic N) is 3. The molecule has 7 nitrogen and oxygen atoms in total. The first-order chi connectivity index (χ1) is 9.99. The number of pyridine rings is 1. The summed E-state index contributed by atoms with van der Waals surface area (Å²) in [6, 6.07) is 1.54. The highest BCUT2D eigenvalue weighted by molar-refractivity contribution is 5.70. The van der Waals surface area contributed by atoms with Gasteiger partial charge in [0.2, 0.25) is 5.82 Å². The largest absolute Gasteiger partial charge is 0.393 e. The Morgan fingerprint density at radius 3 is 2.71 bits per heavy atom. The van der Waals surface area contributed by atoms with Gasteiger partial charge in [0, 0.05) is 12.2 Å². The highest BCUT2D eigenvalue weighted by Crippen LogP contribution is 2.28. The first kappa shape index (κ1) is 17.2. The van der Waals surface area contributed by atoms with Crippen molar-refractivity contribution in [2.45, 2.75) is 39.7 Å². The summed E-state index contributed by atoms with van der Waals surface area (Å²) in [6.07, 6.45) is 3.43. The number of hydrogen-bond acceptors (Lipinski definition) is 6. The van der Waals surface area contributed by atoms with E-state index in [0.717, 1.165) is 32.5 Å². The zero-order valence-electron chi connectivity index (χ0n) is 13.0. The van der Waals surface area contributed by atoms with Gasteiger partial charge in [-0.3, -0.25) is 10.1 Å². The molecule has 1 atom stereocenters. The molecule has 0 radical (unpaired) electrons. The summed E-state index contributed by atoms with van der Waals surface area (Å²) in [6.45, 7) is 9.40. The maximum absolute atomic E-state index is 11.0. The summed E-state index contributed by atoms with van der Waals surface area (Å²) in [5, 5.41) is 14.1. The Hall–Kier alpha value is -1.89. The summed E-state index contributed by atoms with van der Waals surface area (Å²) in [5.41, 5.74) is 5.63. The molecule has 21 heavy (non-hydrogen) atoms. The predicted molar refractivity (Wildman–Crippen MR) is 85.4 cm³/mol. The molecule has 118 valence electrons. The van der Waals surface area contributed by atoms with Crippen molar-refractivity contribution in [2.24, 2.45) is 0 Å². The molecule has 0 amide bonds. The molecule has 1 heterocycles. The Bertz CT molecular complexity index is 463. The van der Waals surface area contributed by atoms with E-state index in [1.807, 2.05) is 6.92 Å². The summed E-state index contributed by atoms with van der Waals surface area (Å²) in [4.78, 5) is 16.9. The number of nitrogens with one attached hydrogen (secondary N) is 1. The molecule has 0 fully saturated rings. The van der Waals surface area contributed by atoms with Gasteiger partial charge in [0.05, 0.1) is 4.92 Å². The number of anilines is 2. The van der Waals surface area contributed by atoms with Gasteiger partial charge in [-0.05, 0) is 45.5 Å². The van der Waals surface area contributed by atoms with Crippen molar-refractivity contribution in [3.63, 3.8) is 0 Å². The SMILES string of the molecule is CCN(CC)CCC[C@@H](C)Nc1nccc(N)c1[N+](=O)[O-]. The van der Waals surface area contributed by atoms with Crippen LogP contribution in [0.4, 0.5) is 17.2 Å². The van der Waals surface area contributed by atoms with Gasteiger partial charge in [-0.25, -0.2) is 4.98 Å². The number of nitrogen functional groups attached to an aromatic ring is 1. The van der Waals surface area contributed by atoms with Crippen molar-refractivity contribution < 1.29 is 4.92 Å². The van der Waals surface area contributed by atoms with E-state index in [-0.39, 0.29) is 23.2 Å². The minimum atomic E-state index is -0.493. The summed E-state index contributed by atoms with van der Waals surface area (Å²) in [5.74, 6) is 0.246. The molecule has 0 aliphatic carbocycles. The van der Waals surface area contributed by atoms with E-state index in [1.54, 1.807) is 0 Å². The Balaban J connectivity index is 2.57. The first-order valence-electron chi connectivity index (χ1n) is 7.37. The molecular weight excluding hydrogens is 270 g/mol. The van der Waals surface area contributed by atoms with Crippen molar-refractivity contribution in [2.75, 3.05) is 30.7 Å². The van der Waals surface area contributed by atoms with Crippen LogP contribution in [0.15, 0.2) is 12.3 Å². The molecule has 0 aromatic carbocycles. The highest BCUT2D eigenvalue weighted by Gasteiger charge is 2.20. The fourth-order valence-electron chi connectivity index (χ4n) is 2.23. The number of aromatic nitrogens is 1. The topological polar surface area (TPSA) is 97.3 Å². The molecule has 0 bridgehead atoms. The normalized spacial score (nSPS) is 12.4. The molecule has 7 heteroatoms. The molecule has 0 saturated heterocycles. The molecule has 1 aromatic heterocycles. The lowest BCUT2D eigenvalue weighted by Crippen LogP contribution is -2.26. The standard InChI is InChI=1S/C14H25N5O2/c1-4-18(5-2)10-6-7-11(3)17-14-13(19(20)21)12(15)8-9-16-14/h8-9,11H,4-7,10H2,1-3H3,(H3,15,16,17)/t11-/m1/s1. The number of rotatable bonds is 9. The van der Waals surface area contributed by atoms with Gasteiger partial charge < -0.3 is 16.0 Å². The fraction of sp³-hybridized carbons (Fsp3) is 0.643. The third-order valence-corrected chi connectivity index (χ3v) is 3.53. The van der Waals surface area contributed by atoms with E-state index in [0.29, 0.717) is 0 Å². The van der Waals surface area contributed by atoms with E-state index in [1.165, 1.54) is 12.3 Å². The van der Waals surface area contributed by atoms with Crippen LogP contribution in [0, 0.1) is 10.1 Å². The summed E-state index contributed by atoms with van der Waals surface area (Å²) >= 11 is 0. The fourth-order valence-corrected chi connectivity index (χ4v) is 2.23. The van der Waals surface area contributed by atoms with Crippen LogP contribution in [-0.2, 0) is 0 Å². The zero-order chi connectivity index (χ0) is 15.8. The molecule has 0 unspecified atom stereocenters. The Kier molecular flexibility index (Phi) is 6.87. The van der Waals surface area contributed by atoms with Crippen LogP contribution in [0.2, 0.25) is 0 Å². The van der Waals surface area contributed by atoms with Crippen LogP contribution in [0.25, 0.3) is 0 Å². The van der Waals surface area contributed by atoms with Gasteiger partial charge in [0.1, 0.15) is 5.69 Å². The number of nitro groups is 1. The van der Waals surface area contributed by atoms with E-state index >= 15 is 0 Å². The van der Waals surface area contributed by atoms with Gasteiger partial charge in [-0.2, -0.15) is 0 Å². The molecule has 3 N–H and O–H groups in total. The second kappa shape index (κ2) is 8.41. The van der Waals surface area contributed by atoms with Crippen molar-refractivity contribution in [1.29, 1.82) is 0 Å². The van der Waals surface area contributed by atoms with Crippen LogP contribution in [-0.4, -0.2) is 40.5 Å². The third-order valence-electron chi connectivity index (χ3n) is 3.53. The maximum atomic E-state index is 11.0. The lowest BCUT2D eigenvalue weighted by atomic mass is 10.1. The van der Waals surface area contributed by atoms with Crippen LogP contribution >= 0.6 is 0 Å². The van der Waals surface area contributed by atoms with E-state index < -0.39 is 4.92 Å². The first-order valence-corrected chi connectivity index (χ1v) is 7.37. The van der Waals surface area contributed by atoms with Gasteiger partial charge in [0.15, 0.2) is 0 Å². The summed E-state index contributed by atoms with van der Waals surface area (Å²) in [7, 11) is 0. The average Bonchev–Trinajstić information content (AvgIpc) is 2.43. The Labute approximate surface area is 125 Å². The quantitative estimate of drug-likeness (QED) is 0.536. The van der Waals surface area contributed by atoms with E-state index in [4.69, 9.17) is 5.73 Å². The number of hydrogen-bond donors (Lipinski definition) is 2. The second-order valence-electron chi connectivity index (χ2n) is 5.07. The van der Waals surface area contributed by atoms with Gasteiger partial charge in [-0.1, -0.05) is 13.8 Å². The van der Waals surface area contributed by atoms with Crippen LogP contribution in [0.1, 0.15) is 33.6 Å². The van der Waals surface area contributed by atoms with Gasteiger partial charge in [-0.15, -0.1) is 0 Å². The third kappa shape index (κ3) is 5.18. The molecule has 0 spiro atoms. The van der Waals surface area contributed by atoms with Crippen LogP contribution < -0.4 is 11.1 Å². The average molecular weight is 295 g/mol. The zero-order valence-corrected chi connectivity index (χ0v) is 13.0. The van der Waals surface area contributed by atoms with E-state index in [2.05, 4.69) is 29.0 Å². The Morgan fingerprint density at radius 1 is 1.48 bits per heavy atom. The van der Waals surface area contributed by atoms with Crippen LogP contribution in [0.3, 0.4) is 0 Å². The lowest BCUT2D eigenvalue weighted by molar-refractivity contribution is -0.383. The van der Waals surface area contributed by atoms with E-state index in [9.17, 15) is 10.1 Å². The molecular formula is C14H25N5O2. The van der Waals surface area contributed by atoms with Crippen molar-refractivity contribution >= 4 is 17.2 Å². The summed E-state index contributed by atoms with van der Waals surface area (Å²) < 4.78 is 0. The molecule has 0 saturated carbocycles. The van der Waals surface area contributed by atoms with Crippen LogP contribution in [0.5, 0.6) is 0 Å². The van der Waals surface area contributed by atoms with Gasteiger partial charge >= 0.3 is 5.69 Å². The lowest BCUT2D eigenvalue weighted by Gasteiger charge is -2.20. The van der Waals surface area contributed by atoms with Crippen molar-refractivity contribution in [3.8, 4) is 0 Å². The predicted octanol–water partition coefficient (Wildman–Crippen LogP) is 2.49. The smallest absolute Gasteiger partial charge is 0.333 e. The minimum absolute atomic E-state index is 0.105. The molecule has 0 aliphatic heterocycles. The van der Waals surface area contributed by atoms with Crippen molar-refractivity contribution in [1.82, 2.24) is 9.88 Å². The maximum Gasteiger partial charge on any atom is 0.333 e. The number of nitrogens with two attached hydrogens (primary N) is 1. The van der Waals surface area contributed by atoms with Gasteiger partial charge in [0.25, 0.3) is 0 Å².